The molecular weight excluding hydrogens is 335 g/mol. The van der Waals surface area contributed by atoms with E-state index in [0.29, 0.717) is 9.80 Å². The van der Waals surface area contributed by atoms with E-state index in [1.165, 1.54) is 0 Å². The van der Waals surface area contributed by atoms with E-state index in [9.17, 15) is 8.42 Å². The standard InChI is InChI=1S/C16H17O2SSe/c1-20(2)13-16(14-9-5-3-6-10-14)19(17,18)15-11-7-4-8-12-15/h3-13H,1-2H3/q+1/b16-13-. The summed E-state index contributed by atoms with van der Waals surface area (Å²) in [7, 11) is -3.46. The second kappa shape index (κ2) is 6.40. The van der Waals surface area contributed by atoms with E-state index in [-0.39, 0.29) is 0 Å². The van der Waals surface area contributed by atoms with Gasteiger partial charge in [-0.15, -0.1) is 0 Å². The predicted molar refractivity (Wildman–Crippen MR) is 85.5 cm³/mol. The minimum absolute atomic E-state index is 0.349. The number of hydrogen-bond acceptors (Lipinski definition) is 2. The fourth-order valence-corrected chi connectivity index (χ4v) is 6.15. The molecule has 2 aromatic carbocycles. The van der Waals surface area contributed by atoms with Crippen LogP contribution in [0.25, 0.3) is 4.91 Å². The van der Waals surface area contributed by atoms with E-state index in [2.05, 4.69) is 11.6 Å². The molecule has 0 saturated carbocycles. The van der Waals surface area contributed by atoms with Crippen LogP contribution in [-0.4, -0.2) is 22.3 Å². The summed E-state index contributed by atoms with van der Waals surface area (Å²) in [6.45, 7) is 0. The summed E-state index contributed by atoms with van der Waals surface area (Å²) in [5, 5.41) is 0. The third-order valence-electron chi connectivity index (χ3n) is 2.74. The number of benzene rings is 2. The van der Waals surface area contributed by atoms with Crippen LogP contribution in [0.1, 0.15) is 5.56 Å². The Balaban J connectivity index is 2.60. The third-order valence-corrected chi connectivity index (χ3v) is 6.39. The molecule has 2 rings (SSSR count). The van der Waals surface area contributed by atoms with Gasteiger partial charge in [0.25, 0.3) is 0 Å². The molecule has 4 heteroatoms. The summed E-state index contributed by atoms with van der Waals surface area (Å²) in [6, 6.07) is 17.9. The van der Waals surface area contributed by atoms with Crippen LogP contribution < -0.4 is 0 Å². The summed E-state index contributed by atoms with van der Waals surface area (Å²) in [6.07, 6.45) is 0. The Morgan fingerprint density at radius 1 is 0.900 bits per heavy atom. The Morgan fingerprint density at radius 2 is 1.40 bits per heavy atom. The zero-order valence-corrected chi connectivity index (χ0v) is 14.0. The van der Waals surface area contributed by atoms with Gasteiger partial charge in [-0.25, -0.2) is 0 Å². The monoisotopic (exact) mass is 353 g/mol. The van der Waals surface area contributed by atoms with Crippen LogP contribution in [0.3, 0.4) is 0 Å². The Labute approximate surface area is 125 Å². The minimum atomic E-state index is -3.46. The maximum atomic E-state index is 12.8. The van der Waals surface area contributed by atoms with Crippen LogP contribution in [0.4, 0.5) is 0 Å². The molecule has 0 aliphatic carbocycles. The summed E-state index contributed by atoms with van der Waals surface area (Å²) in [4.78, 5) is 2.71. The zero-order valence-electron chi connectivity index (χ0n) is 11.5. The van der Waals surface area contributed by atoms with Gasteiger partial charge in [-0.2, -0.15) is 0 Å². The molecule has 2 nitrogen and oxygen atoms in total. The van der Waals surface area contributed by atoms with Gasteiger partial charge in [0.15, 0.2) is 0 Å². The fourth-order valence-electron chi connectivity index (χ4n) is 1.83. The first-order valence-electron chi connectivity index (χ1n) is 6.15. The van der Waals surface area contributed by atoms with Gasteiger partial charge < -0.3 is 0 Å². The molecule has 0 fully saturated rings. The SMILES string of the molecule is C[Se+](C)/C=C(/c1ccccc1)S(=O)(=O)c1ccccc1. The summed E-state index contributed by atoms with van der Waals surface area (Å²) in [5.74, 6) is 4.20. The van der Waals surface area contributed by atoms with Crippen LogP contribution in [0, 0.1) is 0 Å². The molecule has 104 valence electrons. The molecule has 0 amide bonds. The van der Waals surface area contributed by atoms with Crippen molar-refractivity contribution in [2.24, 2.45) is 0 Å². The van der Waals surface area contributed by atoms with Gasteiger partial charge >= 0.3 is 125 Å². The molecule has 0 bridgehead atoms. The Hall–Kier alpha value is -1.35. The van der Waals surface area contributed by atoms with Crippen LogP contribution in [-0.2, 0) is 9.84 Å². The van der Waals surface area contributed by atoms with Gasteiger partial charge in [0.05, 0.1) is 0 Å². The fraction of sp³-hybridized carbons (Fsp3) is 0.125. The normalized spacial score (nSPS) is 12.7. The van der Waals surface area contributed by atoms with Crippen LogP contribution in [0.2, 0.25) is 11.6 Å². The van der Waals surface area contributed by atoms with Gasteiger partial charge in [-0.1, -0.05) is 0 Å². The van der Waals surface area contributed by atoms with Crippen molar-refractivity contribution >= 4 is 28.6 Å². The maximum absolute atomic E-state index is 12.8. The third kappa shape index (κ3) is 3.40. The van der Waals surface area contributed by atoms with Gasteiger partial charge in [0, 0.05) is 0 Å². The second-order valence-corrected chi connectivity index (χ2v) is 10.6. The predicted octanol–water partition coefficient (Wildman–Crippen LogP) is 3.80. The Kier molecular flexibility index (Phi) is 4.81. The molecule has 0 aliphatic heterocycles. The van der Waals surface area contributed by atoms with E-state index in [0.717, 1.165) is 5.56 Å². The van der Waals surface area contributed by atoms with Crippen molar-refractivity contribution in [1.82, 2.24) is 0 Å². The van der Waals surface area contributed by atoms with E-state index < -0.39 is 23.7 Å². The van der Waals surface area contributed by atoms with E-state index in [1.807, 2.05) is 41.4 Å². The Bertz CT molecular complexity index is 690. The number of hydrogen-bond donors (Lipinski definition) is 0. The van der Waals surface area contributed by atoms with Gasteiger partial charge in [-0.3, -0.25) is 0 Å². The molecule has 0 aromatic heterocycles. The van der Waals surface area contributed by atoms with Crippen molar-refractivity contribution in [2.75, 3.05) is 0 Å². The van der Waals surface area contributed by atoms with Crippen molar-refractivity contribution in [2.45, 2.75) is 16.5 Å². The molecule has 0 aliphatic rings. The summed E-state index contributed by atoms with van der Waals surface area (Å²) >= 11 is -1.03. The first-order valence-corrected chi connectivity index (χ1v) is 12.1. The average molecular weight is 352 g/mol. The molecule has 0 spiro atoms. The average Bonchev–Trinajstić information content (AvgIpc) is 2.46. The quantitative estimate of drug-likeness (QED) is 0.785. The Morgan fingerprint density at radius 3 is 1.90 bits per heavy atom. The van der Waals surface area contributed by atoms with E-state index in [1.54, 1.807) is 24.3 Å². The van der Waals surface area contributed by atoms with Crippen LogP contribution in [0.15, 0.2) is 70.5 Å². The first kappa shape index (κ1) is 15.0. The summed E-state index contributed by atoms with van der Waals surface area (Å²) < 4.78 is 25.6. The summed E-state index contributed by atoms with van der Waals surface area (Å²) in [5.41, 5.74) is 0.758. The van der Waals surface area contributed by atoms with E-state index >= 15 is 0 Å². The van der Waals surface area contributed by atoms with Crippen LogP contribution in [0.5, 0.6) is 0 Å². The van der Waals surface area contributed by atoms with Gasteiger partial charge in [-0.05, 0) is 0 Å². The second-order valence-electron chi connectivity index (χ2n) is 4.54. The molecular formula is C16H17O2SSe+. The van der Waals surface area contributed by atoms with Crippen molar-refractivity contribution in [3.63, 3.8) is 0 Å². The van der Waals surface area contributed by atoms with Crippen LogP contribution >= 0.6 is 0 Å². The topological polar surface area (TPSA) is 34.1 Å². The number of sulfone groups is 1. The number of rotatable bonds is 4. The molecule has 0 N–H and O–H groups in total. The zero-order chi connectivity index (χ0) is 14.6. The molecule has 2 aromatic rings. The van der Waals surface area contributed by atoms with Crippen molar-refractivity contribution in [3.8, 4) is 0 Å². The molecule has 20 heavy (non-hydrogen) atoms. The van der Waals surface area contributed by atoms with Crippen molar-refractivity contribution in [1.29, 1.82) is 0 Å². The van der Waals surface area contributed by atoms with Gasteiger partial charge in [0.2, 0.25) is 0 Å². The molecule has 0 atom stereocenters. The van der Waals surface area contributed by atoms with Gasteiger partial charge in [0.1, 0.15) is 0 Å². The molecule has 0 radical (unpaired) electrons. The van der Waals surface area contributed by atoms with Crippen molar-refractivity contribution < 1.29 is 8.42 Å². The molecule has 0 heterocycles. The molecule has 0 saturated heterocycles. The first-order chi connectivity index (χ1) is 9.51. The van der Waals surface area contributed by atoms with E-state index in [4.69, 9.17) is 0 Å². The van der Waals surface area contributed by atoms with Crippen molar-refractivity contribution in [3.05, 3.63) is 71.2 Å². The molecule has 0 unspecified atom stereocenters.